The van der Waals surface area contributed by atoms with Crippen LogP contribution in [0.15, 0.2) is 52.2 Å². The topological polar surface area (TPSA) is 89.6 Å². The number of hydrogen-bond donors (Lipinski definition) is 2. The number of carbonyl (C=O) groups is 2. The number of benzene rings is 2. The molecule has 0 unspecified atom stereocenters. The molecule has 0 saturated carbocycles. The Morgan fingerprint density at radius 2 is 1.90 bits per heavy atom. The van der Waals surface area contributed by atoms with Crippen LogP contribution in [-0.4, -0.2) is 29.3 Å². The van der Waals surface area contributed by atoms with E-state index in [9.17, 15) is 9.59 Å². The SMILES string of the molecule is Cc1ccc(NC(=O)CSc2nc(CC(=O)NCc3ccc4c(c3)OCO4)cs2)cc1. The van der Waals surface area contributed by atoms with Gasteiger partial charge in [-0.05, 0) is 36.8 Å². The van der Waals surface area contributed by atoms with Gasteiger partial charge >= 0.3 is 0 Å². The summed E-state index contributed by atoms with van der Waals surface area (Å²) in [6.45, 7) is 2.63. The Kier molecular flexibility index (Phi) is 6.73. The van der Waals surface area contributed by atoms with Gasteiger partial charge in [0.1, 0.15) is 0 Å². The number of amides is 2. The highest BCUT2D eigenvalue weighted by atomic mass is 32.2. The summed E-state index contributed by atoms with van der Waals surface area (Å²) in [5.41, 5.74) is 3.54. The average Bonchev–Trinajstić information content (AvgIpc) is 3.41. The van der Waals surface area contributed by atoms with E-state index in [1.165, 1.54) is 23.1 Å². The van der Waals surface area contributed by atoms with Gasteiger partial charge in [0.15, 0.2) is 15.8 Å². The second kappa shape index (κ2) is 9.84. The first-order valence-electron chi connectivity index (χ1n) is 9.64. The molecule has 2 N–H and O–H groups in total. The molecule has 2 aromatic carbocycles. The van der Waals surface area contributed by atoms with Gasteiger partial charge in [0, 0.05) is 17.6 Å². The van der Waals surface area contributed by atoms with Crippen molar-refractivity contribution in [3.63, 3.8) is 0 Å². The van der Waals surface area contributed by atoms with E-state index in [1.54, 1.807) is 0 Å². The molecule has 1 aromatic heterocycles. The zero-order valence-electron chi connectivity index (χ0n) is 16.8. The average molecular weight is 456 g/mol. The van der Waals surface area contributed by atoms with Crippen molar-refractivity contribution in [1.82, 2.24) is 10.3 Å². The van der Waals surface area contributed by atoms with Gasteiger partial charge < -0.3 is 20.1 Å². The van der Waals surface area contributed by atoms with Crippen LogP contribution in [0.4, 0.5) is 5.69 Å². The molecule has 160 valence electrons. The smallest absolute Gasteiger partial charge is 0.234 e. The lowest BCUT2D eigenvalue weighted by Crippen LogP contribution is -2.24. The van der Waals surface area contributed by atoms with Crippen LogP contribution in [0.5, 0.6) is 11.5 Å². The molecule has 0 aliphatic carbocycles. The van der Waals surface area contributed by atoms with Gasteiger partial charge in [0.05, 0.1) is 17.9 Å². The number of fused-ring (bicyclic) bond motifs is 1. The minimum atomic E-state index is -0.114. The maximum Gasteiger partial charge on any atom is 0.234 e. The number of carbonyl (C=O) groups excluding carboxylic acids is 2. The quantitative estimate of drug-likeness (QED) is 0.503. The highest BCUT2D eigenvalue weighted by Gasteiger charge is 2.14. The molecule has 0 fully saturated rings. The van der Waals surface area contributed by atoms with Crippen LogP contribution in [-0.2, 0) is 22.6 Å². The largest absolute Gasteiger partial charge is 0.454 e. The molecule has 0 radical (unpaired) electrons. The summed E-state index contributed by atoms with van der Waals surface area (Å²) in [7, 11) is 0. The Hall–Kier alpha value is -3.04. The molecule has 2 amide bonds. The third kappa shape index (κ3) is 5.99. The highest BCUT2D eigenvalue weighted by molar-refractivity contribution is 8.01. The van der Waals surface area contributed by atoms with E-state index in [2.05, 4.69) is 15.6 Å². The lowest BCUT2D eigenvalue weighted by Gasteiger charge is -2.05. The molecule has 0 saturated heterocycles. The minimum absolute atomic E-state index is 0.0907. The van der Waals surface area contributed by atoms with Gasteiger partial charge in [-0.2, -0.15) is 0 Å². The molecular formula is C22H21N3O4S2. The van der Waals surface area contributed by atoms with E-state index in [0.717, 1.165) is 26.9 Å². The van der Waals surface area contributed by atoms with Crippen LogP contribution in [0.2, 0.25) is 0 Å². The van der Waals surface area contributed by atoms with Gasteiger partial charge in [-0.25, -0.2) is 4.98 Å². The van der Waals surface area contributed by atoms with Crippen LogP contribution in [0.3, 0.4) is 0 Å². The van der Waals surface area contributed by atoms with E-state index < -0.39 is 0 Å². The molecule has 1 aliphatic heterocycles. The summed E-state index contributed by atoms with van der Waals surface area (Å²) in [6, 6.07) is 13.3. The molecule has 0 atom stereocenters. The molecule has 7 nitrogen and oxygen atoms in total. The van der Waals surface area contributed by atoms with Gasteiger partial charge in [0.25, 0.3) is 0 Å². The maximum absolute atomic E-state index is 12.2. The minimum Gasteiger partial charge on any atom is -0.454 e. The summed E-state index contributed by atoms with van der Waals surface area (Å²) < 4.78 is 11.4. The Balaban J connectivity index is 1.20. The number of anilines is 1. The van der Waals surface area contributed by atoms with Crippen molar-refractivity contribution in [3.05, 3.63) is 64.7 Å². The molecule has 3 aromatic rings. The standard InChI is InChI=1S/C22H21N3O4S2/c1-14-2-5-16(6-3-14)24-21(27)12-31-22-25-17(11-30-22)9-20(26)23-10-15-4-7-18-19(8-15)29-13-28-18/h2-8,11H,9-10,12-13H2,1H3,(H,23,26)(H,24,27). The van der Waals surface area contributed by atoms with Crippen LogP contribution < -0.4 is 20.1 Å². The van der Waals surface area contributed by atoms with Crippen molar-refractivity contribution in [2.45, 2.75) is 24.2 Å². The Labute approximate surface area is 188 Å². The summed E-state index contributed by atoms with van der Waals surface area (Å²) in [5, 5.41) is 7.60. The van der Waals surface area contributed by atoms with Crippen LogP contribution >= 0.6 is 23.1 Å². The predicted molar refractivity (Wildman–Crippen MR) is 121 cm³/mol. The van der Waals surface area contributed by atoms with E-state index in [1.807, 2.05) is 54.8 Å². The lowest BCUT2D eigenvalue weighted by molar-refractivity contribution is -0.120. The normalized spacial score (nSPS) is 11.9. The fraction of sp³-hybridized carbons (Fsp3) is 0.227. The van der Waals surface area contributed by atoms with Gasteiger partial charge in [0.2, 0.25) is 18.6 Å². The Bertz CT molecular complexity index is 1080. The van der Waals surface area contributed by atoms with Crippen molar-refractivity contribution in [2.24, 2.45) is 0 Å². The molecule has 2 heterocycles. The zero-order chi connectivity index (χ0) is 21.6. The van der Waals surface area contributed by atoms with Crippen LogP contribution in [0, 0.1) is 6.92 Å². The fourth-order valence-corrected chi connectivity index (χ4v) is 4.52. The summed E-state index contributed by atoms with van der Waals surface area (Å²) >= 11 is 2.79. The second-order valence-corrected chi connectivity index (χ2v) is 9.03. The van der Waals surface area contributed by atoms with E-state index in [0.29, 0.717) is 18.0 Å². The number of aryl methyl sites for hydroxylation is 1. The molecular weight excluding hydrogens is 434 g/mol. The van der Waals surface area contributed by atoms with Crippen molar-refractivity contribution in [1.29, 1.82) is 0 Å². The lowest BCUT2D eigenvalue weighted by atomic mass is 10.2. The first-order valence-corrected chi connectivity index (χ1v) is 11.5. The predicted octanol–water partition coefficient (Wildman–Crippen LogP) is 3.77. The Morgan fingerprint density at radius 1 is 1.10 bits per heavy atom. The van der Waals surface area contributed by atoms with Crippen molar-refractivity contribution in [3.8, 4) is 11.5 Å². The fourth-order valence-electron chi connectivity index (χ4n) is 2.88. The van der Waals surface area contributed by atoms with Gasteiger partial charge in [-0.15, -0.1) is 11.3 Å². The number of rotatable bonds is 8. The molecule has 9 heteroatoms. The number of aromatic nitrogens is 1. The number of nitrogens with zero attached hydrogens (tertiary/aromatic N) is 1. The number of nitrogens with one attached hydrogen (secondary N) is 2. The summed E-state index contributed by atoms with van der Waals surface area (Å²) in [4.78, 5) is 28.8. The van der Waals surface area contributed by atoms with Gasteiger partial charge in [-0.1, -0.05) is 35.5 Å². The third-order valence-corrected chi connectivity index (χ3v) is 6.53. The number of thiazole rings is 1. The first-order chi connectivity index (χ1) is 15.0. The highest BCUT2D eigenvalue weighted by Crippen LogP contribution is 2.32. The van der Waals surface area contributed by atoms with E-state index in [4.69, 9.17) is 9.47 Å². The maximum atomic E-state index is 12.2. The number of thioether (sulfide) groups is 1. The molecule has 4 rings (SSSR count). The van der Waals surface area contributed by atoms with Crippen molar-refractivity contribution in [2.75, 3.05) is 17.9 Å². The summed E-state index contributed by atoms with van der Waals surface area (Å²) in [6.07, 6.45) is 0.192. The second-order valence-electron chi connectivity index (χ2n) is 6.95. The van der Waals surface area contributed by atoms with Crippen molar-refractivity contribution >= 4 is 40.6 Å². The van der Waals surface area contributed by atoms with E-state index in [-0.39, 0.29) is 30.8 Å². The van der Waals surface area contributed by atoms with E-state index >= 15 is 0 Å². The molecule has 0 bridgehead atoms. The molecule has 1 aliphatic rings. The van der Waals surface area contributed by atoms with Crippen LogP contribution in [0.1, 0.15) is 16.8 Å². The monoisotopic (exact) mass is 455 g/mol. The Morgan fingerprint density at radius 3 is 2.74 bits per heavy atom. The zero-order valence-corrected chi connectivity index (χ0v) is 18.5. The molecule has 0 spiro atoms. The van der Waals surface area contributed by atoms with Crippen molar-refractivity contribution < 1.29 is 19.1 Å². The summed E-state index contributed by atoms with van der Waals surface area (Å²) in [5.74, 6) is 1.47. The molecule has 31 heavy (non-hydrogen) atoms. The van der Waals surface area contributed by atoms with Crippen LogP contribution in [0.25, 0.3) is 0 Å². The third-order valence-electron chi connectivity index (χ3n) is 4.46. The van der Waals surface area contributed by atoms with Gasteiger partial charge in [-0.3, -0.25) is 9.59 Å². The number of ether oxygens (including phenoxy) is 2. The number of hydrogen-bond acceptors (Lipinski definition) is 7. The first kappa shape index (κ1) is 21.2.